The van der Waals surface area contributed by atoms with Gasteiger partial charge in [0.15, 0.2) is 5.78 Å². The third-order valence-corrected chi connectivity index (χ3v) is 4.67. The highest BCUT2D eigenvalue weighted by atomic mass is 32.2. The van der Waals surface area contributed by atoms with Crippen LogP contribution in [0.3, 0.4) is 0 Å². The fraction of sp³-hybridized carbons (Fsp3) is 0.500. The maximum atomic E-state index is 12.0. The Labute approximate surface area is 137 Å². The Morgan fingerprint density at radius 1 is 1.22 bits per heavy atom. The molecule has 1 aromatic carbocycles. The number of Topliss-reactive ketones (excluding diaryl/α,β-unsaturated/α-hetero) is 1. The zero-order chi connectivity index (χ0) is 17.5. The highest BCUT2D eigenvalue weighted by molar-refractivity contribution is 7.88. The molecule has 0 heterocycles. The molecule has 0 fully saturated rings. The molecule has 0 radical (unpaired) electrons. The first kappa shape index (κ1) is 19.3. The first-order valence-electron chi connectivity index (χ1n) is 7.60. The van der Waals surface area contributed by atoms with Crippen molar-refractivity contribution in [2.75, 3.05) is 24.7 Å². The Balaban J connectivity index is 2.62. The van der Waals surface area contributed by atoms with Crippen LogP contribution in [0.15, 0.2) is 24.3 Å². The maximum Gasteiger partial charge on any atom is 0.225 e. The number of anilines is 1. The number of rotatable bonds is 9. The molecule has 0 bridgehead atoms. The van der Waals surface area contributed by atoms with Gasteiger partial charge in [0.2, 0.25) is 15.9 Å². The molecular weight excluding hydrogens is 316 g/mol. The van der Waals surface area contributed by atoms with E-state index >= 15 is 0 Å². The molecule has 0 spiro atoms. The van der Waals surface area contributed by atoms with E-state index in [-0.39, 0.29) is 24.7 Å². The van der Waals surface area contributed by atoms with Gasteiger partial charge in [0, 0.05) is 30.8 Å². The molecule has 0 aliphatic heterocycles. The number of hydrogen-bond donors (Lipinski definition) is 1. The number of benzene rings is 1. The summed E-state index contributed by atoms with van der Waals surface area (Å²) in [5.41, 5.74) is 1.05. The Kier molecular flexibility index (Phi) is 7.38. The normalized spacial score (nSPS) is 11.5. The van der Waals surface area contributed by atoms with Gasteiger partial charge in [0.05, 0.1) is 6.26 Å². The molecule has 7 heteroatoms. The zero-order valence-electron chi connectivity index (χ0n) is 13.8. The van der Waals surface area contributed by atoms with Crippen molar-refractivity contribution in [3.8, 4) is 0 Å². The lowest BCUT2D eigenvalue weighted by atomic mass is 10.1. The molecule has 128 valence electrons. The first-order valence-corrected chi connectivity index (χ1v) is 9.45. The number of carbonyl (C=O) groups excluding carboxylic acids is 2. The Morgan fingerprint density at radius 2 is 1.91 bits per heavy atom. The highest BCUT2D eigenvalue weighted by Crippen LogP contribution is 2.12. The monoisotopic (exact) mass is 340 g/mol. The van der Waals surface area contributed by atoms with Crippen LogP contribution in [-0.4, -0.2) is 43.8 Å². The van der Waals surface area contributed by atoms with E-state index in [1.165, 1.54) is 11.2 Å². The van der Waals surface area contributed by atoms with Crippen molar-refractivity contribution in [2.45, 2.75) is 33.1 Å². The van der Waals surface area contributed by atoms with Crippen molar-refractivity contribution in [3.05, 3.63) is 29.8 Å². The van der Waals surface area contributed by atoms with Crippen LogP contribution in [0.5, 0.6) is 0 Å². The Morgan fingerprint density at radius 3 is 2.48 bits per heavy atom. The van der Waals surface area contributed by atoms with Crippen molar-refractivity contribution in [3.63, 3.8) is 0 Å². The van der Waals surface area contributed by atoms with Gasteiger partial charge in [-0.05, 0) is 25.5 Å². The standard InChI is InChI=1S/C16H24N2O4S/c1-4-5-10-18(23(3,21)22)11-9-16(20)17-15-8-6-7-14(12-15)13(2)19/h6-8,12H,4-5,9-11H2,1-3H3,(H,17,20). The van der Waals surface area contributed by atoms with Gasteiger partial charge in [0.1, 0.15) is 0 Å². The van der Waals surface area contributed by atoms with E-state index in [0.29, 0.717) is 17.8 Å². The lowest BCUT2D eigenvalue weighted by molar-refractivity contribution is -0.116. The molecule has 1 rings (SSSR count). The summed E-state index contributed by atoms with van der Waals surface area (Å²) in [4.78, 5) is 23.3. The summed E-state index contributed by atoms with van der Waals surface area (Å²) in [6.45, 7) is 4.01. The molecule has 23 heavy (non-hydrogen) atoms. The van der Waals surface area contributed by atoms with Crippen LogP contribution in [0.25, 0.3) is 0 Å². The predicted molar refractivity (Wildman–Crippen MR) is 91.0 cm³/mol. The predicted octanol–water partition coefficient (Wildman–Crippen LogP) is 2.28. The van der Waals surface area contributed by atoms with Crippen molar-refractivity contribution in [2.24, 2.45) is 0 Å². The van der Waals surface area contributed by atoms with Gasteiger partial charge in [-0.1, -0.05) is 25.5 Å². The minimum atomic E-state index is -3.31. The lowest BCUT2D eigenvalue weighted by Gasteiger charge is -2.19. The van der Waals surface area contributed by atoms with Crippen molar-refractivity contribution in [1.82, 2.24) is 4.31 Å². The molecule has 0 aliphatic carbocycles. The number of ketones is 1. The molecule has 1 N–H and O–H groups in total. The molecule has 1 amide bonds. The molecule has 6 nitrogen and oxygen atoms in total. The molecule has 0 saturated carbocycles. The van der Waals surface area contributed by atoms with Gasteiger partial charge in [-0.25, -0.2) is 12.7 Å². The average Bonchev–Trinajstić information content (AvgIpc) is 2.46. The van der Waals surface area contributed by atoms with Crippen LogP contribution in [0.2, 0.25) is 0 Å². The Bertz CT molecular complexity index is 656. The van der Waals surface area contributed by atoms with Crippen molar-refractivity contribution >= 4 is 27.4 Å². The summed E-state index contributed by atoms with van der Waals surface area (Å²) in [6, 6.07) is 6.66. The summed E-state index contributed by atoms with van der Waals surface area (Å²) in [5.74, 6) is -0.361. The second kappa shape index (κ2) is 8.79. The average molecular weight is 340 g/mol. The number of carbonyl (C=O) groups is 2. The van der Waals surface area contributed by atoms with Crippen LogP contribution >= 0.6 is 0 Å². The summed E-state index contributed by atoms with van der Waals surface area (Å²) >= 11 is 0. The van der Waals surface area contributed by atoms with E-state index in [9.17, 15) is 18.0 Å². The van der Waals surface area contributed by atoms with Gasteiger partial charge in [0.25, 0.3) is 0 Å². The van der Waals surface area contributed by atoms with Crippen LogP contribution in [0, 0.1) is 0 Å². The van der Waals surface area contributed by atoms with E-state index in [4.69, 9.17) is 0 Å². The topological polar surface area (TPSA) is 83.6 Å². The van der Waals surface area contributed by atoms with Crippen LogP contribution in [0.4, 0.5) is 5.69 Å². The van der Waals surface area contributed by atoms with Gasteiger partial charge in [-0.3, -0.25) is 9.59 Å². The number of nitrogens with one attached hydrogen (secondary N) is 1. The van der Waals surface area contributed by atoms with E-state index in [0.717, 1.165) is 19.1 Å². The molecule has 0 atom stereocenters. The molecule has 0 unspecified atom stereocenters. The van der Waals surface area contributed by atoms with Crippen LogP contribution in [0.1, 0.15) is 43.5 Å². The number of unbranched alkanes of at least 4 members (excludes halogenated alkanes) is 1. The second-order valence-electron chi connectivity index (χ2n) is 5.45. The summed E-state index contributed by atoms with van der Waals surface area (Å²) < 4.78 is 24.7. The largest absolute Gasteiger partial charge is 0.326 e. The molecule has 0 aromatic heterocycles. The molecular formula is C16H24N2O4S. The van der Waals surface area contributed by atoms with Gasteiger partial charge < -0.3 is 5.32 Å². The zero-order valence-corrected chi connectivity index (χ0v) is 14.6. The number of sulfonamides is 1. The molecule has 0 aliphatic rings. The lowest BCUT2D eigenvalue weighted by Crippen LogP contribution is -2.33. The molecule has 0 saturated heterocycles. The van der Waals surface area contributed by atoms with Gasteiger partial charge in [-0.15, -0.1) is 0 Å². The van der Waals surface area contributed by atoms with Crippen molar-refractivity contribution in [1.29, 1.82) is 0 Å². The van der Waals surface area contributed by atoms with Crippen LogP contribution in [-0.2, 0) is 14.8 Å². The minimum absolute atomic E-state index is 0.0705. The summed E-state index contributed by atoms with van der Waals surface area (Å²) in [5, 5.41) is 2.69. The SMILES string of the molecule is CCCCN(CCC(=O)Nc1cccc(C(C)=O)c1)S(C)(=O)=O. The number of hydrogen-bond acceptors (Lipinski definition) is 4. The third kappa shape index (κ3) is 6.92. The maximum absolute atomic E-state index is 12.0. The smallest absolute Gasteiger partial charge is 0.225 e. The number of amides is 1. The molecule has 1 aromatic rings. The van der Waals surface area contributed by atoms with Crippen LogP contribution < -0.4 is 5.32 Å². The van der Waals surface area contributed by atoms with Gasteiger partial charge in [-0.2, -0.15) is 0 Å². The quantitative estimate of drug-likeness (QED) is 0.699. The summed E-state index contributed by atoms with van der Waals surface area (Å²) in [6.07, 6.45) is 2.86. The summed E-state index contributed by atoms with van der Waals surface area (Å²) in [7, 11) is -3.31. The third-order valence-electron chi connectivity index (χ3n) is 3.37. The van der Waals surface area contributed by atoms with Gasteiger partial charge >= 0.3 is 0 Å². The fourth-order valence-electron chi connectivity index (χ4n) is 2.04. The Hall–Kier alpha value is -1.73. The van der Waals surface area contributed by atoms with E-state index in [1.807, 2.05) is 6.92 Å². The first-order chi connectivity index (χ1) is 10.7. The van der Waals surface area contributed by atoms with E-state index in [1.54, 1.807) is 24.3 Å². The highest BCUT2D eigenvalue weighted by Gasteiger charge is 2.17. The van der Waals surface area contributed by atoms with E-state index in [2.05, 4.69) is 5.32 Å². The fourth-order valence-corrected chi connectivity index (χ4v) is 2.93. The van der Waals surface area contributed by atoms with Crippen molar-refractivity contribution < 1.29 is 18.0 Å². The second-order valence-corrected chi connectivity index (χ2v) is 7.43. The minimum Gasteiger partial charge on any atom is -0.326 e. The van der Waals surface area contributed by atoms with E-state index < -0.39 is 10.0 Å². The number of nitrogens with zero attached hydrogens (tertiary/aromatic N) is 1.